The van der Waals surface area contributed by atoms with Crippen LogP contribution in [0.5, 0.6) is 0 Å². The lowest BCUT2D eigenvalue weighted by molar-refractivity contribution is 0.570. The molecule has 0 fully saturated rings. The Morgan fingerprint density at radius 3 is 2.95 bits per heavy atom. The number of hydrogen-bond acceptors (Lipinski definition) is 4. The van der Waals surface area contributed by atoms with Gasteiger partial charge in [-0.05, 0) is 24.6 Å². The Bertz CT molecular complexity index is 555. The number of nitrogens with zero attached hydrogens (tertiary/aromatic N) is 3. The van der Waals surface area contributed by atoms with Crippen molar-refractivity contribution in [1.82, 2.24) is 15.0 Å². The lowest BCUT2D eigenvalue weighted by atomic mass is 10.2. The minimum Gasteiger partial charge on any atom is -0.389 e. The molecular formula is C12H14ClN5S. The van der Waals surface area contributed by atoms with Crippen LogP contribution >= 0.6 is 23.8 Å². The molecule has 0 bridgehead atoms. The number of thiocarbonyl (C=S) groups is 1. The van der Waals surface area contributed by atoms with E-state index in [-0.39, 0.29) is 0 Å². The van der Waals surface area contributed by atoms with Gasteiger partial charge in [0.05, 0.1) is 16.9 Å². The first kappa shape index (κ1) is 13.8. The van der Waals surface area contributed by atoms with Crippen LogP contribution in [0, 0.1) is 0 Å². The fourth-order valence-electron chi connectivity index (χ4n) is 1.63. The monoisotopic (exact) mass is 295 g/mol. The molecular weight excluding hydrogens is 282 g/mol. The lowest BCUT2D eigenvalue weighted by Gasteiger charge is -2.09. The molecule has 2 rings (SSSR count). The first-order valence-electron chi connectivity index (χ1n) is 5.84. The number of rotatable bonds is 6. The molecule has 0 amide bonds. The standard InChI is InChI=1S/C12H14ClN5S/c13-10-8-9(12(14)19)2-3-11(10)15-4-1-6-18-7-5-16-17-18/h2-3,5,7-8,15H,1,4,6H2,(H2,14,19). The van der Waals surface area contributed by atoms with E-state index in [2.05, 4.69) is 15.6 Å². The third-order valence-electron chi connectivity index (χ3n) is 2.60. The number of benzene rings is 1. The second kappa shape index (κ2) is 6.49. The summed E-state index contributed by atoms with van der Waals surface area (Å²) >= 11 is 11.0. The second-order valence-corrected chi connectivity index (χ2v) is 4.85. The molecule has 0 saturated heterocycles. The molecule has 19 heavy (non-hydrogen) atoms. The predicted octanol–water partition coefficient (Wildman–Crippen LogP) is 2.07. The average molecular weight is 296 g/mol. The summed E-state index contributed by atoms with van der Waals surface area (Å²) in [6.07, 6.45) is 4.43. The van der Waals surface area contributed by atoms with Gasteiger partial charge < -0.3 is 11.1 Å². The van der Waals surface area contributed by atoms with Crippen molar-refractivity contribution in [2.45, 2.75) is 13.0 Å². The Hall–Kier alpha value is -1.66. The molecule has 5 nitrogen and oxygen atoms in total. The van der Waals surface area contributed by atoms with Gasteiger partial charge in [-0.1, -0.05) is 29.0 Å². The zero-order valence-corrected chi connectivity index (χ0v) is 11.8. The number of hydrogen-bond donors (Lipinski definition) is 2. The zero-order chi connectivity index (χ0) is 13.7. The largest absolute Gasteiger partial charge is 0.389 e. The van der Waals surface area contributed by atoms with Gasteiger partial charge in [-0.15, -0.1) is 5.10 Å². The van der Waals surface area contributed by atoms with Gasteiger partial charge in [0, 0.05) is 24.8 Å². The number of nitrogens with two attached hydrogens (primary N) is 1. The molecule has 7 heteroatoms. The van der Waals surface area contributed by atoms with E-state index in [1.54, 1.807) is 16.9 Å². The smallest absolute Gasteiger partial charge is 0.104 e. The predicted molar refractivity (Wildman–Crippen MR) is 80.5 cm³/mol. The number of anilines is 1. The SMILES string of the molecule is NC(=S)c1ccc(NCCCn2ccnn2)c(Cl)c1. The summed E-state index contributed by atoms with van der Waals surface area (Å²) in [5.74, 6) is 0. The van der Waals surface area contributed by atoms with E-state index in [1.807, 2.05) is 18.3 Å². The third kappa shape index (κ3) is 3.90. The maximum atomic E-state index is 6.15. The van der Waals surface area contributed by atoms with Crippen molar-refractivity contribution in [3.8, 4) is 0 Å². The molecule has 0 atom stereocenters. The maximum absolute atomic E-state index is 6.15. The van der Waals surface area contributed by atoms with E-state index in [4.69, 9.17) is 29.6 Å². The van der Waals surface area contributed by atoms with Crippen LogP contribution in [0.2, 0.25) is 5.02 Å². The Balaban J connectivity index is 1.84. The highest BCUT2D eigenvalue weighted by molar-refractivity contribution is 7.80. The number of aromatic nitrogens is 3. The molecule has 0 spiro atoms. The zero-order valence-electron chi connectivity index (χ0n) is 10.2. The molecule has 0 aliphatic rings. The van der Waals surface area contributed by atoms with Crippen LogP contribution in [0.25, 0.3) is 0 Å². The lowest BCUT2D eigenvalue weighted by Crippen LogP contribution is -2.10. The Morgan fingerprint density at radius 1 is 1.47 bits per heavy atom. The molecule has 1 aromatic carbocycles. The molecule has 0 unspecified atom stereocenters. The summed E-state index contributed by atoms with van der Waals surface area (Å²) in [5, 5.41) is 11.5. The summed E-state index contributed by atoms with van der Waals surface area (Å²) in [6.45, 7) is 1.61. The molecule has 3 N–H and O–H groups in total. The van der Waals surface area contributed by atoms with Crippen LogP contribution in [0.15, 0.2) is 30.6 Å². The van der Waals surface area contributed by atoms with Crippen molar-refractivity contribution in [1.29, 1.82) is 0 Å². The topological polar surface area (TPSA) is 68.8 Å². The van der Waals surface area contributed by atoms with Gasteiger partial charge in [0.1, 0.15) is 4.99 Å². The van der Waals surface area contributed by atoms with Gasteiger partial charge in [0.2, 0.25) is 0 Å². The summed E-state index contributed by atoms with van der Waals surface area (Å²) in [7, 11) is 0. The maximum Gasteiger partial charge on any atom is 0.104 e. The summed E-state index contributed by atoms with van der Waals surface area (Å²) in [6, 6.07) is 5.50. The molecule has 0 aliphatic heterocycles. The quantitative estimate of drug-likeness (QED) is 0.631. The highest BCUT2D eigenvalue weighted by Gasteiger charge is 2.03. The number of nitrogens with one attached hydrogen (secondary N) is 1. The van der Waals surface area contributed by atoms with Crippen molar-refractivity contribution in [3.63, 3.8) is 0 Å². The Kier molecular flexibility index (Phi) is 4.70. The van der Waals surface area contributed by atoms with E-state index in [1.165, 1.54) is 0 Å². The molecule has 2 aromatic rings. The van der Waals surface area contributed by atoms with E-state index >= 15 is 0 Å². The van der Waals surface area contributed by atoms with Crippen LogP contribution < -0.4 is 11.1 Å². The normalized spacial score (nSPS) is 10.4. The minimum atomic E-state index is 0.347. The van der Waals surface area contributed by atoms with Gasteiger partial charge >= 0.3 is 0 Å². The second-order valence-electron chi connectivity index (χ2n) is 4.01. The summed E-state index contributed by atoms with van der Waals surface area (Å²) < 4.78 is 1.79. The van der Waals surface area contributed by atoms with Crippen molar-refractivity contribution in [3.05, 3.63) is 41.2 Å². The molecule has 1 heterocycles. The number of aryl methyl sites for hydroxylation is 1. The first-order valence-corrected chi connectivity index (χ1v) is 6.63. The van der Waals surface area contributed by atoms with Crippen LogP contribution in [0.1, 0.15) is 12.0 Å². The summed E-state index contributed by atoms with van der Waals surface area (Å²) in [5.41, 5.74) is 7.19. The van der Waals surface area contributed by atoms with E-state index in [9.17, 15) is 0 Å². The van der Waals surface area contributed by atoms with Crippen LogP contribution in [0.4, 0.5) is 5.69 Å². The van der Waals surface area contributed by atoms with E-state index in [0.717, 1.165) is 30.8 Å². The highest BCUT2D eigenvalue weighted by Crippen LogP contribution is 2.22. The molecule has 100 valence electrons. The van der Waals surface area contributed by atoms with Gasteiger partial charge in [-0.25, -0.2) is 0 Å². The molecule has 0 radical (unpaired) electrons. The summed E-state index contributed by atoms with van der Waals surface area (Å²) in [4.78, 5) is 0.347. The van der Waals surface area contributed by atoms with Gasteiger partial charge in [-0.3, -0.25) is 4.68 Å². The Labute approximate surface area is 121 Å². The van der Waals surface area contributed by atoms with E-state index < -0.39 is 0 Å². The molecule has 0 saturated carbocycles. The minimum absolute atomic E-state index is 0.347. The molecule has 1 aromatic heterocycles. The van der Waals surface area contributed by atoms with Gasteiger partial charge in [0.15, 0.2) is 0 Å². The highest BCUT2D eigenvalue weighted by atomic mass is 35.5. The van der Waals surface area contributed by atoms with Crippen LogP contribution in [-0.2, 0) is 6.54 Å². The van der Waals surface area contributed by atoms with Crippen LogP contribution in [0.3, 0.4) is 0 Å². The number of halogens is 1. The Morgan fingerprint density at radius 2 is 2.32 bits per heavy atom. The van der Waals surface area contributed by atoms with Gasteiger partial charge in [0.25, 0.3) is 0 Å². The van der Waals surface area contributed by atoms with Crippen molar-refractivity contribution in [2.75, 3.05) is 11.9 Å². The first-order chi connectivity index (χ1) is 9.16. The fraction of sp³-hybridized carbons (Fsp3) is 0.250. The third-order valence-corrected chi connectivity index (χ3v) is 3.15. The van der Waals surface area contributed by atoms with Gasteiger partial charge in [-0.2, -0.15) is 0 Å². The fourth-order valence-corrected chi connectivity index (χ4v) is 2.00. The van der Waals surface area contributed by atoms with Crippen molar-refractivity contribution in [2.24, 2.45) is 5.73 Å². The van der Waals surface area contributed by atoms with Crippen molar-refractivity contribution >= 4 is 34.5 Å². The van der Waals surface area contributed by atoms with Crippen LogP contribution in [-0.4, -0.2) is 26.5 Å². The average Bonchev–Trinajstić information content (AvgIpc) is 2.89. The van der Waals surface area contributed by atoms with E-state index in [0.29, 0.717) is 10.0 Å². The van der Waals surface area contributed by atoms with Crippen molar-refractivity contribution < 1.29 is 0 Å². The molecule has 0 aliphatic carbocycles.